The molecule has 0 fully saturated rings. The van der Waals surface area contributed by atoms with Crippen molar-refractivity contribution in [2.75, 3.05) is 6.61 Å². The average molecular weight is 350 g/mol. The van der Waals surface area contributed by atoms with Gasteiger partial charge in [0, 0.05) is 6.42 Å². The molecule has 0 spiro atoms. The smallest absolute Gasteiger partial charge is 0.328 e. The van der Waals surface area contributed by atoms with Gasteiger partial charge in [-0.05, 0) is 24.1 Å². The van der Waals surface area contributed by atoms with Crippen molar-refractivity contribution in [3.63, 3.8) is 0 Å². The normalized spacial score (nSPS) is 12.1. The summed E-state index contributed by atoms with van der Waals surface area (Å²) in [5.41, 5.74) is 1.38. The number of hydrogen-bond donors (Lipinski definition) is 1. The molecule has 0 saturated heterocycles. The van der Waals surface area contributed by atoms with Gasteiger partial charge in [-0.2, -0.15) is 0 Å². The molecule has 133 valence electrons. The van der Waals surface area contributed by atoms with Crippen molar-refractivity contribution in [2.24, 2.45) is 0 Å². The molecule has 0 aliphatic rings. The molecule has 1 N–H and O–H groups in total. The number of ether oxygens (including phenoxy) is 1. The molecule has 1 radical (unpaired) electrons. The standard InChI is InChI=1S/C21H20NO4/c1-2-26-21(25)19(14-17-11-7-4-8-12-17)22-20(24)18(15-23)13-16-9-5-3-6-10-16/h3-13,19H,2,14H2,1H3,(H,22,24). The Morgan fingerprint density at radius 1 is 1.08 bits per heavy atom. The van der Waals surface area contributed by atoms with Crippen LogP contribution in [-0.4, -0.2) is 30.8 Å². The highest BCUT2D eigenvalue weighted by molar-refractivity contribution is 6.15. The summed E-state index contributed by atoms with van der Waals surface area (Å²) < 4.78 is 5.04. The largest absolute Gasteiger partial charge is 0.464 e. The number of benzene rings is 2. The zero-order valence-electron chi connectivity index (χ0n) is 14.5. The quantitative estimate of drug-likeness (QED) is 0.344. The van der Waals surface area contributed by atoms with Gasteiger partial charge >= 0.3 is 5.97 Å². The van der Waals surface area contributed by atoms with Gasteiger partial charge in [-0.25, -0.2) is 4.79 Å². The Kier molecular flexibility index (Phi) is 7.31. The van der Waals surface area contributed by atoms with Crippen LogP contribution in [0.5, 0.6) is 0 Å². The van der Waals surface area contributed by atoms with E-state index in [9.17, 15) is 14.4 Å². The minimum atomic E-state index is -0.891. The van der Waals surface area contributed by atoms with Crippen molar-refractivity contribution < 1.29 is 19.1 Å². The van der Waals surface area contributed by atoms with Crippen molar-refractivity contribution in [2.45, 2.75) is 19.4 Å². The fourth-order valence-corrected chi connectivity index (χ4v) is 2.38. The van der Waals surface area contributed by atoms with E-state index in [1.165, 1.54) is 6.08 Å². The third-order valence-electron chi connectivity index (χ3n) is 3.62. The van der Waals surface area contributed by atoms with E-state index < -0.39 is 17.9 Å². The zero-order chi connectivity index (χ0) is 18.8. The molecule has 5 heteroatoms. The third-order valence-corrected chi connectivity index (χ3v) is 3.62. The second-order valence-corrected chi connectivity index (χ2v) is 5.54. The monoisotopic (exact) mass is 350 g/mol. The van der Waals surface area contributed by atoms with Gasteiger partial charge in [-0.3, -0.25) is 9.59 Å². The maximum atomic E-state index is 12.4. The average Bonchev–Trinajstić information content (AvgIpc) is 2.67. The lowest BCUT2D eigenvalue weighted by molar-refractivity contribution is -0.147. The highest BCUT2D eigenvalue weighted by Gasteiger charge is 2.24. The fraction of sp³-hybridized carbons (Fsp3) is 0.190. The van der Waals surface area contributed by atoms with E-state index in [1.807, 2.05) is 36.4 Å². The lowest BCUT2D eigenvalue weighted by atomic mass is 10.0. The predicted octanol–water partition coefficient (Wildman–Crippen LogP) is 2.47. The number of esters is 1. The molecule has 0 heterocycles. The van der Waals surface area contributed by atoms with Crippen LogP contribution in [0, 0.1) is 0 Å². The molecule has 0 aliphatic carbocycles. The number of carbonyl (C=O) groups excluding carboxylic acids is 3. The van der Waals surface area contributed by atoms with Crippen LogP contribution in [0.4, 0.5) is 0 Å². The minimum Gasteiger partial charge on any atom is -0.464 e. The Morgan fingerprint density at radius 2 is 1.69 bits per heavy atom. The van der Waals surface area contributed by atoms with Crippen LogP contribution in [0.3, 0.4) is 0 Å². The van der Waals surface area contributed by atoms with Gasteiger partial charge in [-0.15, -0.1) is 0 Å². The molecule has 2 rings (SSSR count). The molecule has 26 heavy (non-hydrogen) atoms. The molecule has 2 aromatic carbocycles. The molecule has 1 atom stereocenters. The number of nitrogens with one attached hydrogen (secondary N) is 1. The summed E-state index contributed by atoms with van der Waals surface area (Å²) in [6.07, 6.45) is 3.33. The highest BCUT2D eigenvalue weighted by atomic mass is 16.5. The summed E-state index contributed by atoms with van der Waals surface area (Å²) in [5, 5.41) is 2.58. The van der Waals surface area contributed by atoms with Crippen LogP contribution in [-0.2, 0) is 25.5 Å². The topological polar surface area (TPSA) is 72.5 Å². The molecule has 0 aromatic heterocycles. The van der Waals surface area contributed by atoms with Gasteiger partial charge in [0.05, 0.1) is 12.2 Å². The van der Waals surface area contributed by atoms with Crippen LogP contribution < -0.4 is 5.32 Å². The van der Waals surface area contributed by atoms with E-state index in [2.05, 4.69) is 5.32 Å². The van der Waals surface area contributed by atoms with Gasteiger partial charge in [0.25, 0.3) is 5.91 Å². The van der Waals surface area contributed by atoms with Gasteiger partial charge < -0.3 is 10.1 Å². The Morgan fingerprint density at radius 3 is 2.27 bits per heavy atom. The molecule has 1 unspecified atom stereocenters. The van der Waals surface area contributed by atoms with E-state index in [1.54, 1.807) is 37.5 Å². The van der Waals surface area contributed by atoms with Gasteiger partial charge in [0.1, 0.15) is 6.04 Å². The number of amides is 1. The first-order chi connectivity index (χ1) is 12.6. The maximum absolute atomic E-state index is 12.4. The summed E-state index contributed by atoms with van der Waals surface area (Å²) in [7, 11) is 0. The van der Waals surface area contributed by atoms with Crippen molar-refractivity contribution in [1.29, 1.82) is 0 Å². The van der Waals surface area contributed by atoms with Crippen molar-refractivity contribution in [3.8, 4) is 0 Å². The summed E-state index contributed by atoms with van der Waals surface area (Å²) >= 11 is 0. The second-order valence-electron chi connectivity index (χ2n) is 5.54. The van der Waals surface area contributed by atoms with E-state index in [0.29, 0.717) is 5.56 Å². The molecule has 2 aromatic rings. The van der Waals surface area contributed by atoms with Crippen LogP contribution in [0.2, 0.25) is 0 Å². The zero-order valence-corrected chi connectivity index (χ0v) is 14.5. The van der Waals surface area contributed by atoms with E-state index in [0.717, 1.165) is 5.56 Å². The fourth-order valence-electron chi connectivity index (χ4n) is 2.38. The molecule has 0 saturated carbocycles. The summed E-state index contributed by atoms with van der Waals surface area (Å²) in [6, 6.07) is 17.3. The Hall–Kier alpha value is -3.21. The highest BCUT2D eigenvalue weighted by Crippen LogP contribution is 2.08. The lowest BCUT2D eigenvalue weighted by Crippen LogP contribution is -2.44. The number of hydrogen-bond acceptors (Lipinski definition) is 4. The maximum Gasteiger partial charge on any atom is 0.328 e. The van der Waals surface area contributed by atoms with Gasteiger partial charge in [-0.1, -0.05) is 60.7 Å². The van der Waals surface area contributed by atoms with Crippen molar-refractivity contribution >= 4 is 24.2 Å². The molecular weight excluding hydrogens is 330 g/mol. The van der Waals surface area contributed by atoms with Crippen LogP contribution in [0.15, 0.2) is 66.2 Å². The second kappa shape index (κ2) is 9.93. The van der Waals surface area contributed by atoms with E-state index in [-0.39, 0.29) is 18.6 Å². The molecular formula is C21H20NO4. The Balaban J connectivity index is 2.17. The van der Waals surface area contributed by atoms with Crippen molar-refractivity contribution in [1.82, 2.24) is 5.32 Å². The summed E-state index contributed by atoms with van der Waals surface area (Å²) in [6.45, 7) is 1.89. The predicted molar refractivity (Wildman–Crippen MR) is 98.8 cm³/mol. The number of rotatable bonds is 8. The molecule has 5 nitrogen and oxygen atoms in total. The SMILES string of the molecule is CCOC(=O)C(Cc1ccccc1)NC(=O)C([C]=O)=Cc1ccccc1. The summed E-state index contributed by atoms with van der Waals surface area (Å²) in [5.74, 6) is -1.22. The minimum absolute atomic E-state index is 0.182. The first kappa shape index (κ1) is 19.1. The van der Waals surface area contributed by atoms with Crippen LogP contribution in [0.1, 0.15) is 18.1 Å². The molecule has 0 bridgehead atoms. The Labute approximate surface area is 152 Å². The third kappa shape index (κ3) is 5.70. The lowest BCUT2D eigenvalue weighted by Gasteiger charge is -2.17. The van der Waals surface area contributed by atoms with Crippen LogP contribution in [0.25, 0.3) is 6.08 Å². The van der Waals surface area contributed by atoms with E-state index in [4.69, 9.17) is 4.74 Å². The summed E-state index contributed by atoms with van der Waals surface area (Å²) in [4.78, 5) is 35.9. The first-order valence-electron chi connectivity index (χ1n) is 8.30. The van der Waals surface area contributed by atoms with E-state index >= 15 is 0 Å². The van der Waals surface area contributed by atoms with Gasteiger partial charge in [0.2, 0.25) is 6.29 Å². The van der Waals surface area contributed by atoms with Crippen LogP contribution >= 0.6 is 0 Å². The number of carbonyl (C=O) groups is 2. The first-order valence-corrected chi connectivity index (χ1v) is 8.30. The van der Waals surface area contributed by atoms with Crippen molar-refractivity contribution in [3.05, 3.63) is 77.4 Å². The van der Waals surface area contributed by atoms with Gasteiger partial charge in [0.15, 0.2) is 0 Å². The molecule has 1 amide bonds. The Bertz CT molecular complexity index is 769. The molecule has 0 aliphatic heterocycles.